The molecule has 0 aromatic heterocycles. The first-order chi connectivity index (χ1) is 10.3. The molecule has 1 aliphatic rings. The van der Waals surface area contributed by atoms with Crippen LogP contribution in [0.2, 0.25) is 0 Å². The van der Waals surface area contributed by atoms with Crippen LogP contribution in [-0.2, 0) is 14.8 Å². The fraction of sp³-hybridized carbons (Fsp3) is 0.429. The third-order valence-corrected chi connectivity index (χ3v) is 4.80. The first kappa shape index (κ1) is 16.4. The Bertz CT molecular complexity index is 682. The van der Waals surface area contributed by atoms with Gasteiger partial charge in [-0.3, -0.25) is 9.59 Å². The molecule has 0 saturated heterocycles. The molecule has 2 N–H and O–H groups in total. The fourth-order valence-corrected chi connectivity index (χ4v) is 3.31. The monoisotopic (exact) mass is 326 g/mol. The Balaban J connectivity index is 2.23. The number of rotatable bonds is 7. The number of nitrogens with one attached hydrogen (secondary N) is 1. The molecule has 120 valence electrons. The van der Waals surface area contributed by atoms with Crippen LogP contribution in [0.4, 0.5) is 0 Å². The predicted octanol–water partition coefficient (Wildman–Crippen LogP) is 0.674. The summed E-state index contributed by atoms with van der Waals surface area (Å²) in [6, 6.07) is 5.61. The molecule has 7 nitrogen and oxygen atoms in total. The molecule has 1 aromatic rings. The van der Waals surface area contributed by atoms with Crippen molar-refractivity contribution < 1.29 is 23.1 Å². The second-order valence-corrected chi connectivity index (χ2v) is 6.85. The topological polar surface area (TPSA) is 104 Å². The Morgan fingerprint density at radius 3 is 2.59 bits per heavy atom. The predicted molar refractivity (Wildman–Crippen MR) is 79.0 cm³/mol. The lowest BCUT2D eigenvalue weighted by molar-refractivity contribution is -0.137. The largest absolute Gasteiger partial charge is 0.480 e. The number of sulfonamides is 1. The van der Waals surface area contributed by atoms with E-state index in [1.165, 1.54) is 24.3 Å². The maximum absolute atomic E-state index is 12.3. The summed E-state index contributed by atoms with van der Waals surface area (Å²) < 4.78 is 26.8. The van der Waals surface area contributed by atoms with Gasteiger partial charge < -0.3 is 10.0 Å². The maximum atomic E-state index is 12.3. The van der Waals surface area contributed by atoms with Crippen LogP contribution in [0.3, 0.4) is 0 Å². The molecule has 1 fully saturated rings. The van der Waals surface area contributed by atoms with Crippen LogP contribution in [0.1, 0.15) is 30.1 Å². The molecule has 8 heteroatoms. The first-order valence-electron chi connectivity index (χ1n) is 6.97. The van der Waals surface area contributed by atoms with Gasteiger partial charge in [-0.1, -0.05) is 6.07 Å². The van der Waals surface area contributed by atoms with E-state index in [9.17, 15) is 18.0 Å². The number of benzene rings is 1. The van der Waals surface area contributed by atoms with Crippen LogP contribution < -0.4 is 4.72 Å². The Kier molecular flexibility index (Phi) is 4.82. The van der Waals surface area contributed by atoms with Crippen molar-refractivity contribution >= 4 is 21.9 Å². The minimum atomic E-state index is -3.65. The third-order valence-electron chi connectivity index (χ3n) is 3.29. The second-order valence-electron chi connectivity index (χ2n) is 5.14. The number of carbonyl (C=O) groups is 2. The summed E-state index contributed by atoms with van der Waals surface area (Å²) in [4.78, 5) is 24.2. The molecule has 1 aromatic carbocycles. The van der Waals surface area contributed by atoms with Gasteiger partial charge >= 0.3 is 5.97 Å². The zero-order chi connectivity index (χ0) is 16.3. The summed E-state index contributed by atoms with van der Waals surface area (Å²) in [5.74, 6) is -1.62. The van der Waals surface area contributed by atoms with Gasteiger partial charge in [-0.05, 0) is 38.0 Å². The Morgan fingerprint density at radius 2 is 2.05 bits per heavy atom. The summed E-state index contributed by atoms with van der Waals surface area (Å²) in [7, 11) is -3.65. The van der Waals surface area contributed by atoms with Gasteiger partial charge in [0, 0.05) is 18.2 Å². The maximum Gasteiger partial charge on any atom is 0.323 e. The van der Waals surface area contributed by atoms with Crippen LogP contribution in [0, 0.1) is 0 Å². The molecule has 2 rings (SSSR count). The molecule has 0 atom stereocenters. The van der Waals surface area contributed by atoms with Crippen LogP contribution in [0.25, 0.3) is 0 Å². The summed E-state index contributed by atoms with van der Waals surface area (Å²) in [6.07, 6.45) is 1.64. The molecule has 0 spiro atoms. The normalized spacial score (nSPS) is 14.6. The average Bonchev–Trinajstić information content (AvgIpc) is 3.27. The van der Waals surface area contributed by atoms with Crippen molar-refractivity contribution in [2.24, 2.45) is 0 Å². The van der Waals surface area contributed by atoms with Gasteiger partial charge in [0.2, 0.25) is 10.0 Å². The van der Waals surface area contributed by atoms with Crippen molar-refractivity contribution in [3.8, 4) is 0 Å². The van der Waals surface area contributed by atoms with Crippen molar-refractivity contribution in [1.82, 2.24) is 9.62 Å². The highest BCUT2D eigenvalue weighted by molar-refractivity contribution is 7.89. The first-order valence-corrected chi connectivity index (χ1v) is 8.45. The number of carboxylic acid groups (broad SMARTS) is 1. The van der Waals surface area contributed by atoms with Gasteiger partial charge in [-0.15, -0.1) is 0 Å². The number of amides is 1. The van der Waals surface area contributed by atoms with Gasteiger partial charge in [-0.2, -0.15) is 0 Å². The SMILES string of the molecule is CCN(CC(=O)O)C(=O)c1cccc(S(=O)(=O)NC2CC2)c1. The van der Waals surface area contributed by atoms with Crippen LogP contribution in [0.15, 0.2) is 29.2 Å². The molecule has 0 heterocycles. The molecule has 22 heavy (non-hydrogen) atoms. The number of carboxylic acids is 1. The fourth-order valence-electron chi connectivity index (χ4n) is 1.96. The minimum absolute atomic E-state index is 0.0108. The molecular weight excluding hydrogens is 308 g/mol. The standard InChI is InChI=1S/C14H18N2O5S/c1-2-16(9-13(17)18)14(19)10-4-3-5-12(8-10)22(20,21)15-11-6-7-11/h3-5,8,11,15H,2,6-7,9H2,1H3,(H,17,18). The quantitative estimate of drug-likeness (QED) is 0.766. The average molecular weight is 326 g/mol. The molecular formula is C14H18N2O5S. The van der Waals surface area contributed by atoms with E-state index < -0.39 is 28.4 Å². The van der Waals surface area contributed by atoms with E-state index in [2.05, 4.69) is 4.72 Å². The number of likely N-dealkylation sites (N-methyl/N-ethyl adjacent to an activating group) is 1. The second kappa shape index (κ2) is 6.45. The highest BCUT2D eigenvalue weighted by atomic mass is 32.2. The Morgan fingerprint density at radius 1 is 1.36 bits per heavy atom. The highest BCUT2D eigenvalue weighted by Gasteiger charge is 2.28. The molecule has 0 unspecified atom stereocenters. The van der Waals surface area contributed by atoms with E-state index in [0.29, 0.717) is 0 Å². The number of hydrogen-bond acceptors (Lipinski definition) is 4. The van der Waals surface area contributed by atoms with E-state index in [1.54, 1.807) is 6.92 Å². The minimum Gasteiger partial charge on any atom is -0.480 e. The van der Waals surface area contributed by atoms with Crippen molar-refractivity contribution in [3.63, 3.8) is 0 Å². The third kappa shape index (κ3) is 4.05. The lowest BCUT2D eigenvalue weighted by atomic mass is 10.2. The lowest BCUT2D eigenvalue weighted by Gasteiger charge is -2.18. The summed E-state index contributed by atoms with van der Waals surface area (Å²) in [6.45, 7) is 1.46. The van der Waals surface area contributed by atoms with Gasteiger partial charge in [0.05, 0.1) is 4.90 Å². The molecule has 0 radical (unpaired) electrons. The molecule has 1 amide bonds. The van der Waals surface area contributed by atoms with Crippen LogP contribution >= 0.6 is 0 Å². The van der Waals surface area contributed by atoms with E-state index in [-0.39, 0.29) is 23.0 Å². The van der Waals surface area contributed by atoms with E-state index in [0.717, 1.165) is 17.7 Å². The van der Waals surface area contributed by atoms with Crippen molar-refractivity contribution in [1.29, 1.82) is 0 Å². The number of aliphatic carboxylic acids is 1. The van der Waals surface area contributed by atoms with Crippen molar-refractivity contribution in [2.45, 2.75) is 30.7 Å². The smallest absolute Gasteiger partial charge is 0.323 e. The zero-order valence-electron chi connectivity index (χ0n) is 12.2. The molecule has 1 aliphatic carbocycles. The summed E-state index contributed by atoms with van der Waals surface area (Å²) >= 11 is 0. The number of nitrogens with zero attached hydrogens (tertiary/aromatic N) is 1. The van der Waals surface area contributed by atoms with Crippen LogP contribution in [-0.4, -0.2) is 49.4 Å². The van der Waals surface area contributed by atoms with E-state index in [1.807, 2.05) is 0 Å². The lowest BCUT2D eigenvalue weighted by Crippen LogP contribution is -2.35. The Hall–Kier alpha value is -1.93. The van der Waals surface area contributed by atoms with Crippen molar-refractivity contribution in [3.05, 3.63) is 29.8 Å². The van der Waals surface area contributed by atoms with Gasteiger partial charge in [0.25, 0.3) is 5.91 Å². The van der Waals surface area contributed by atoms with E-state index in [4.69, 9.17) is 5.11 Å². The Labute approximate surface area is 129 Å². The van der Waals surface area contributed by atoms with Gasteiger partial charge in [-0.25, -0.2) is 13.1 Å². The molecule has 0 bridgehead atoms. The number of carbonyl (C=O) groups excluding carboxylic acids is 1. The highest BCUT2D eigenvalue weighted by Crippen LogP contribution is 2.22. The zero-order valence-corrected chi connectivity index (χ0v) is 13.0. The molecule has 0 aliphatic heterocycles. The van der Waals surface area contributed by atoms with Gasteiger partial charge in [0.1, 0.15) is 6.54 Å². The van der Waals surface area contributed by atoms with Crippen LogP contribution in [0.5, 0.6) is 0 Å². The summed E-state index contributed by atoms with van der Waals surface area (Å²) in [5.41, 5.74) is 0.154. The van der Waals surface area contributed by atoms with Crippen molar-refractivity contribution in [2.75, 3.05) is 13.1 Å². The number of hydrogen-bond donors (Lipinski definition) is 2. The van der Waals surface area contributed by atoms with Gasteiger partial charge in [0.15, 0.2) is 0 Å². The molecule has 1 saturated carbocycles. The van der Waals surface area contributed by atoms with E-state index >= 15 is 0 Å². The summed E-state index contributed by atoms with van der Waals surface area (Å²) in [5, 5.41) is 8.80.